The third-order valence-corrected chi connectivity index (χ3v) is 2.58. The van der Waals surface area contributed by atoms with Gasteiger partial charge in [0.1, 0.15) is 5.82 Å². The Morgan fingerprint density at radius 2 is 2.19 bits per heavy atom. The lowest BCUT2D eigenvalue weighted by Gasteiger charge is -2.06. The Kier molecular flexibility index (Phi) is 2.75. The first-order chi connectivity index (χ1) is 7.61. The maximum atomic E-state index is 13.5. The number of hydrogen-bond acceptors (Lipinski definition) is 2. The van der Waals surface area contributed by atoms with Crippen LogP contribution in [0.5, 0.6) is 0 Å². The van der Waals surface area contributed by atoms with E-state index in [2.05, 4.69) is 5.10 Å². The second-order valence-corrected chi connectivity index (χ2v) is 3.82. The number of aliphatic hydroxyl groups is 1. The zero-order valence-electron chi connectivity index (χ0n) is 9.24. The Balaban J connectivity index is 2.54. The molecule has 0 spiro atoms. The number of aliphatic hydroxyl groups excluding tert-OH is 1. The molecule has 0 aliphatic carbocycles. The highest BCUT2D eigenvalue weighted by atomic mass is 19.1. The van der Waals surface area contributed by atoms with Gasteiger partial charge in [-0.2, -0.15) is 5.10 Å². The largest absolute Gasteiger partial charge is 0.392 e. The average molecular weight is 220 g/mol. The van der Waals surface area contributed by atoms with Gasteiger partial charge >= 0.3 is 0 Å². The quantitative estimate of drug-likeness (QED) is 0.840. The molecule has 0 aliphatic heterocycles. The molecule has 1 heterocycles. The normalized spacial score (nSPS) is 10.8. The summed E-state index contributed by atoms with van der Waals surface area (Å²) in [4.78, 5) is 0. The summed E-state index contributed by atoms with van der Waals surface area (Å²) in [6, 6.07) is 3.11. The van der Waals surface area contributed by atoms with Crippen molar-refractivity contribution >= 4 is 0 Å². The first kappa shape index (κ1) is 10.8. The average Bonchev–Trinajstić information content (AvgIpc) is 2.67. The van der Waals surface area contributed by atoms with Crippen molar-refractivity contribution in [3.63, 3.8) is 0 Å². The Labute approximate surface area is 93.2 Å². The van der Waals surface area contributed by atoms with Gasteiger partial charge in [0.05, 0.1) is 12.8 Å². The fraction of sp³-hybridized carbons (Fsp3) is 0.250. The van der Waals surface area contributed by atoms with Crippen molar-refractivity contribution < 1.29 is 9.50 Å². The molecule has 4 heteroatoms. The third-order valence-electron chi connectivity index (χ3n) is 2.58. The first-order valence-corrected chi connectivity index (χ1v) is 5.00. The molecule has 2 rings (SSSR count). The van der Waals surface area contributed by atoms with Crippen molar-refractivity contribution in [2.75, 3.05) is 0 Å². The Bertz CT molecular complexity index is 520. The minimum Gasteiger partial charge on any atom is -0.392 e. The minimum atomic E-state index is -0.382. The summed E-state index contributed by atoms with van der Waals surface area (Å²) in [5.74, 6) is -0.382. The number of aryl methyl sites for hydroxylation is 2. The lowest BCUT2D eigenvalue weighted by molar-refractivity contribution is 0.275. The van der Waals surface area contributed by atoms with Crippen LogP contribution in [-0.2, 0) is 13.7 Å². The number of halogens is 1. The van der Waals surface area contributed by atoms with Crippen LogP contribution in [-0.4, -0.2) is 14.9 Å². The summed E-state index contributed by atoms with van der Waals surface area (Å²) >= 11 is 0. The number of hydrogen-bond donors (Lipinski definition) is 1. The Morgan fingerprint density at radius 1 is 1.44 bits per heavy atom. The summed E-state index contributed by atoms with van der Waals surface area (Å²) in [7, 11) is 1.82. The van der Waals surface area contributed by atoms with Crippen molar-refractivity contribution in [2.24, 2.45) is 7.05 Å². The van der Waals surface area contributed by atoms with Crippen LogP contribution in [0.4, 0.5) is 4.39 Å². The van der Waals surface area contributed by atoms with Crippen LogP contribution in [0.25, 0.3) is 11.1 Å². The predicted molar refractivity (Wildman–Crippen MR) is 59.3 cm³/mol. The zero-order chi connectivity index (χ0) is 11.7. The molecule has 1 aromatic carbocycles. The van der Waals surface area contributed by atoms with Crippen LogP contribution in [0.1, 0.15) is 11.1 Å². The molecule has 0 unspecified atom stereocenters. The van der Waals surface area contributed by atoms with Gasteiger partial charge in [-0.15, -0.1) is 0 Å². The lowest BCUT2D eigenvalue weighted by atomic mass is 10.0. The van der Waals surface area contributed by atoms with Crippen molar-refractivity contribution in [2.45, 2.75) is 13.5 Å². The van der Waals surface area contributed by atoms with Gasteiger partial charge in [0.15, 0.2) is 0 Å². The van der Waals surface area contributed by atoms with Crippen LogP contribution in [0.15, 0.2) is 24.5 Å². The number of nitrogens with zero attached hydrogens (tertiary/aromatic N) is 2. The highest BCUT2D eigenvalue weighted by Crippen LogP contribution is 2.25. The molecule has 0 saturated heterocycles. The van der Waals surface area contributed by atoms with E-state index in [1.165, 1.54) is 6.07 Å². The van der Waals surface area contributed by atoms with Gasteiger partial charge in [0, 0.05) is 24.4 Å². The number of rotatable bonds is 2. The van der Waals surface area contributed by atoms with Crippen molar-refractivity contribution in [1.82, 2.24) is 9.78 Å². The summed E-state index contributed by atoms with van der Waals surface area (Å²) in [6.45, 7) is 1.61. The molecule has 0 amide bonds. The van der Waals surface area contributed by atoms with E-state index in [4.69, 9.17) is 5.11 Å². The monoisotopic (exact) mass is 220 g/mol. The van der Waals surface area contributed by atoms with Gasteiger partial charge in [-0.05, 0) is 24.1 Å². The standard InChI is InChI=1S/C12H13FN2O/c1-8-3-9(7-16)12(13)4-11(8)10-5-14-15(2)6-10/h3-6,16H,7H2,1-2H3. The maximum Gasteiger partial charge on any atom is 0.129 e. The first-order valence-electron chi connectivity index (χ1n) is 5.00. The van der Waals surface area contributed by atoms with Gasteiger partial charge in [0.25, 0.3) is 0 Å². The Morgan fingerprint density at radius 3 is 2.75 bits per heavy atom. The molecule has 0 fully saturated rings. The third kappa shape index (κ3) is 1.84. The Hall–Kier alpha value is -1.68. The van der Waals surface area contributed by atoms with Gasteiger partial charge in [-0.3, -0.25) is 4.68 Å². The molecule has 0 radical (unpaired) electrons. The van der Waals surface area contributed by atoms with E-state index in [0.29, 0.717) is 5.56 Å². The van der Waals surface area contributed by atoms with Crippen LogP contribution >= 0.6 is 0 Å². The van der Waals surface area contributed by atoms with E-state index in [1.54, 1.807) is 16.9 Å². The van der Waals surface area contributed by atoms with E-state index in [0.717, 1.165) is 16.7 Å². The molecule has 16 heavy (non-hydrogen) atoms. The fourth-order valence-corrected chi connectivity index (χ4v) is 1.73. The molecule has 0 aliphatic rings. The number of benzene rings is 1. The van der Waals surface area contributed by atoms with Gasteiger partial charge in [0.2, 0.25) is 0 Å². The summed E-state index contributed by atoms with van der Waals surface area (Å²) in [5.41, 5.74) is 2.94. The van der Waals surface area contributed by atoms with Crippen molar-refractivity contribution in [1.29, 1.82) is 0 Å². The lowest BCUT2D eigenvalue weighted by Crippen LogP contribution is -1.93. The molecule has 0 bridgehead atoms. The van der Waals surface area contributed by atoms with E-state index >= 15 is 0 Å². The summed E-state index contributed by atoms with van der Waals surface area (Å²) < 4.78 is 15.2. The second-order valence-electron chi connectivity index (χ2n) is 3.82. The van der Waals surface area contributed by atoms with E-state index < -0.39 is 0 Å². The molecule has 1 N–H and O–H groups in total. The predicted octanol–water partition coefficient (Wildman–Crippen LogP) is 2.03. The van der Waals surface area contributed by atoms with E-state index in [9.17, 15) is 4.39 Å². The van der Waals surface area contributed by atoms with E-state index in [-0.39, 0.29) is 12.4 Å². The highest BCUT2D eigenvalue weighted by molar-refractivity contribution is 5.66. The van der Waals surface area contributed by atoms with Gasteiger partial charge < -0.3 is 5.11 Å². The summed E-state index contributed by atoms with van der Waals surface area (Å²) in [6.07, 6.45) is 3.53. The highest BCUT2D eigenvalue weighted by Gasteiger charge is 2.09. The molecule has 2 aromatic rings. The topological polar surface area (TPSA) is 38.1 Å². The van der Waals surface area contributed by atoms with Crippen molar-refractivity contribution in [3.8, 4) is 11.1 Å². The SMILES string of the molecule is Cc1cc(CO)c(F)cc1-c1cnn(C)c1. The van der Waals surface area contributed by atoms with Gasteiger partial charge in [-0.25, -0.2) is 4.39 Å². The smallest absolute Gasteiger partial charge is 0.129 e. The molecule has 0 atom stereocenters. The molecule has 1 aromatic heterocycles. The molecule has 0 saturated carbocycles. The molecular weight excluding hydrogens is 207 g/mol. The van der Waals surface area contributed by atoms with Gasteiger partial charge in [-0.1, -0.05) is 6.07 Å². The molecular formula is C12H13FN2O. The maximum absolute atomic E-state index is 13.5. The fourth-order valence-electron chi connectivity index (χ4n) is 1.73. The number of aromatic nitrogens is 2. The minimum absolute atomic E-state index is 0.278. The zero-order valence-corrected chi connectivity index (χ0v) is 9.24. The van der Waals surface area contributed by atoms with Crippen LogP contribution in [0.3, 0.4) is 0 Å². The van der Waals surface area contributed by atoms with Crippen LogP contribution in [0.2, 0.25) is 0 Å². The summed E-state index contributed by atoms with van der Waals surface area (Å²) in [5, 5.41) is 13.0. The second kappa shape index (κ2) is 4.06. The molecule has 84 valence electrons. The van der Waals surface area contributed by atoms with Crippen LogP contribution < -0.4 is 0 Å². The van der Waals surface area contributed by atoms with E-state index in [1.807, 2.05) is 20.2 Å². The van der Waals surface area contributed by atoms with Crippen LogP contribution in [0, 0.1) is 12.7 Å². The molecule has 3 nitrogen and oxygen atoms in total. The van der Waals surface area contributed by atoms with Crippen molar-refractivity contribution in [3.05, 3.63) is 41.5 Å².